The number of rotatable bonds is 6. The number of hydrogen-bond donors (Lipinski definition) is 2. The number of aryl methyl sites for hydroxylation is 1. The van der Waals surface area contributed by atoms with E-state index in [0.29, 0.717) is 0 Å². The van der Waals surface area contributed by atoms with Gasteiger partial charge in [-0.2, -0.15) is 0 Å². The van der Waals surface area contributed by atoms with Crippen LogP contribution in [0.5, 0.6) is 5.75 Å². The van der Waals surface area contributed by atoms with Crippen LogP contribution < -0.4 is 16.0 Å². The number of nitrogens with two attached hydrogens (primary N) is 1. The van der Waals surface area contributed by atoms with Crippen LogP contribution in [0, 0.1) is 0 Å². The molecule has 0 aliphatic rings. The molecule has 0 saturated carbocycles. The van der Waals surface area contributed by atoms with Gasteiger partial charge in [0.25, 0.3) is 0 Å². The molecule has 0 amide bonds. The molecule has 0 saturated heterocycles. The van der Waals surface area contributed by atoms with E-state index in [0.717, 1.165) is 30.1 Å². The molecule has 0 aliphatic carbocycles. The van der Waals surface area contributed by atoms with Crippen molar-refractivity contribution in [2.24, 2.45) is 5.84 Å². The molecule has 0 aliphatic heterocycles. The molecule has 1 aromatic heterocycles. The Morgan fingerprint density at radius 2 is 2.32 bits per heavy atom. The summed E-state index contributed by atoms with van der Waals surface area (Å²) in [6.45, 7) is 3.01. The van der Waals surface area contributed by atoms with Crippen molar-refractivity contribution < 1.29 is 4.74 Å². The number of hydrogen-bond acceptors (Lipinski definition) is 4. The highest BCUT2D eigenvalue weighted by Gasteiger charge is 2.14. The molecule has 5 nitrogen and oxygen atoms in total. The Hall–Kier alpha value is -1.85. The Morgan fingerprint density at radius 1 is 1.47 bits per heavy atom. The molecule has 3 N–H and O–H groups in total. The highest BCUT2D eigenvalue weighted by Crippen LogP contribution is 2.21. The maximum Gasteiger partial charge on any atom is 0.119 e. The summed E-state index contributed by atoms with van der Waals surface area (Å²) in [5.41, 5.74) is 3.94. The first-order valence-electron chi connectivity index (χ1n) is 6.38. The fourth-order valence-electron chi connectivity index (χ4n) is 2.13. The Labute approximate surface area is 113 Å². The lowest BCUT2D eigenvalue weighted by Gasteiger charge is -2.17. The summed E-state index contributed by atoms with van der Waals surface area (Å²) in [5.74, 6) is 7.53. The summed E-state index contributed by atoms with van der Waals surface area (Å²) in [4.78, 5) is 4.38. The monoisotopic (exact) mass is 260 g/mol. The van der Waals surface area contributed by atoms with Crippen molar-refractivity contribution in [3.8, 4) is 5.75 Å². The molecular weight excluding hydrogens is 240 g/mol. The van der Waals surface area contributed by atoms with Gasteiger partial charge in [0.05, 0.1) is 13.2 Å². The van der Waals surface area contributed by atoms with Crippen molar-refractivity contribution in [2.45, 2.75) is 25.9 Å². The molecule has 0 spiro atoms. The molecule has 102 valence electrons. The van der Waals surface area contributed by atoms with Crippen molar-refractivity contribution in [3.05, 3.63) is 48.0 Å². The average molecular weight is 260 g/mol. The van der Waals surface area contributed by atoms with Crippen molar-refractivity contribution >= 4 is 0 Å². The summed E-state index contributed by atoms with van der Waals surface area (Å²) < 4.78 is 7.36. The molecule has 0 radical (unpaired) electrons. The second kappa shape index (κ2) is 6.36. The molecule has 0 fully saturated rings. The Kier molecular flexibility index (Phi) is 4.54. The van der Waals surface area contributed by atoms with Crippen molar-refractivity contribution in [1.29, 1.82) is 0 Å². The lowest BCUT2D eigenvalue weighted by molar-refractivity contribution is 0.412. The molecule has 0 bridgehead atoms. The van der Waals surface area contributed by atoms with E-state index in [1.165, 1.54) is 0 Å². The van der Waals surface area contributed by atoms with Crippen LogP contribution in [0.4, 0.5) is 0 Å². The van der Waals surface area contributed by atoms with E-state index in [-0.39, 0.29) is 6.04 Å². The maximum atomic E-state index is 5.68. The van der Waals surface area contributed by atoms with E-state index in [1.54, 1.807) is 7.11 Å². The highest BCUT2D eigenvalue weighted by molar-refractivity contribution is 5.31. The van der Waals surface area contributed by atoms with Crippen LogP contribution in [0.1, 0.15) is 24.4 Å². The van der Waals surface area contributed by atoms with Gasteiger partial charge in [-0.05, 0) is 24.6 Å². The Morgan fingerprint density at radius 3 is 3.00 bits per heavy atom. The quantitative estimate of drug-likeness (QED) is 0.612. The first kappa shape index (κ1) is 13.6. The normalized spacial score (nSPS) is 12.4. The van der Waals surface area contributed by atoms with E-state index in [4.69, 9.17) is 10.6 Å². The van der Waals surface area contributed by atoms with Gasteiger partial charge in [-0.15, -0.1) is 0 Å². The van der Waals surface area contributed by atoms with E-state index in [1.807, 2.05) is 36.7 Å². The van der Waals surface area contributed by atoms with E-state index in [2.05, 4.69) is 21.9 Å². The molecular formula is C14H20N4O. The van der Waals surface area contributed by atoms with Crippen LogP contribution in [-0.4, -0.2) is 16.7 Å². The predicted molar refractivity (Wildman–Crippen MR) is 74.7 cm³/mol. The summed E-state index contributed by atoms with van der Waals surface area (Å²) in [6.07, 6.45) is 4.54. The predicted octanol–water partition coefficient (Wildman–Crippen LogP) is 1.66. The van der Waals surface area contributed by atoms with Gasteiger partial charge >= 0.3 is 0 Å². The number of nitrogens with one attached hydrogen (secondary N) is 1. The molecule has 1 atom stereocenters. The number of nitrogens with zero attached hydrogens (tertiary/aromatic N) is 2. The van der Waals surface area contributed by atoms with Gasteiger partial charge in [0.1, 0.15) is 11.6 Å². The van der Waals surface area contributed by atoms with E-state index in [9.17, 15) is 0 Å². The second-order valence-electron chi connectivity index (χ2n) is 4.33. The minimum atomic E-state index is 0.0165. The first-order chi connectivity index (χ1) is 9.28. The van der Waals surface area contributed by atoms with Gasteiger partial charge in [0.15, 0.2) is 0 Å². The zero-order chi connectivity index (χ0) is 13.7. The fraction of sp³-hybridized carbons (Fsp3) is 0.357. The van der Waals surface area contributed by atoms with Crippen LogP contribution in [-0.2, 0) is 13.0 Å². The van der Waals surface area contributed by atoms with Gasteiger partial charge in [-0.25, -0.2) is 4.98 Å². The summed E-state index contributed by atoms with van der Waals surface area (Å²) >= 11 is 0. The Balaban J connectivity index is 2.20. The van der Waals surface area contributed by atoms with E-state index >= 15 is 0 Å². The fourth-order valence-corrected chi connectivity index (χ4v) is 2.13. The summed E-state index contributed by atoms with van der Waals surface area (Å²) in [5, 5.41) is 0. The van der Waals surface area contributed by atoms with Crippen LogP contribution >= 0.6 is 0 Å². The highest BCUT2D eigenvalue weighted by atomic mass is 16.5. The first-order valence-corrected chi connectivity index (χ1v) is 6.38. The standard InChI is InChI=1S/C14H20N4O/c1-3-18-8-7-16-14(18)10-13(17-15)11-5-4-6-12(9-11)19-2/h4-9,13,17H,3,10,15H2,1-2H3. The molecule has 2 rings (SSSR count). The number of ether oxygens (including phenoxy) is 1. The number of hydrazine groups is 1. The molecule has 19 heavy (non-hydrogen) atoms. The number of aromatic nitrogens is 2. The smallest absolute Gasteiger partial charge is 0.119 e. The van der Waals surface area contributed by atoms with Crippen LogP contribution in [0.3, 0.4) is 0 Å². The van der Waals surface area contributed by atoms with Crippen LogP contribution in [0.2, 0.25) is 0 Å². The van der Waals surface area contributed by atoms with Crippen molar-refractivity contribution in [2.75, 3.05) is 7.11 Å². The number of imidazole rings is 1. The van der Waals surface area contributed by atoms with Crippen LogP contribution in [0.25, 0.3) is 0 Å². The summed E-state index contributed by atoms with van der Waals surface area (Å²) in [7, 11) is 1.66. The number of benzene rings is 1. The van der Waals surface area contributed by atoms with Crippen molar-refractivity contribution in [3.63, 3.8) is 0 Å². The van der Waals surface area contributed by atoms with Gasteiger partial charge in [-0.1, -0.05) is 12.1 Å². The van der Waals surface area contributed by atoms with Gasteiger partial charge in [-0.3, -0.25) is 11.3 Å². The minimum Gasteiger partial charge on any atom is -0.497 e. The van der Waals surface area contributed by atoms with E-state index < -0.39 is 0 Å². The largest absolute Gasteiger partial charge is 0.497 e. The molecule has 5 heteroatoms. The Bertz CT molecular complexity index is 524. The third-order valence-corrected chi connectivity index (χ3v) is 3.23. The summed E-state index contributed by atoms with van der Waals surface area (Å²) in [6, 6.07) is 7.92. The second-order valence-corrected chi connectivity index (χ2v) is 4.33. The van der Waals surface area contributed by atoms with Crippen molar-refractivity contribution in [1.82, 2.24) is 15.0 Å². The van der Waals surface area contributed by atoms with Gasteiger partial charge in [0.2, 0.25) is 0 Å². The topological polar surface area (TPSA) is 65.1 Å². The average Bonchev–Trinajstić information content (AvgIpc) is 2.92. The molecule has 1 unspecified atom stereocenters. The molecule has 1 aromatic carbocycles. The zero-order valence-electron chi connectivity index (χ0n) is 11.3. The molecule has 1 heterocycles. The lowest BCUT2D eigenvalue weighted by atomic mass is 10.0. The van der Waals surface area contributed by atoms with Gasteiger partial charge in [0, 0.05) is 25.4 Å². The zero-order valence-corrected chi connectivity index (χ0v) is 11.3. The van der Waals surface area contributed by atoms with Gasteiger partial charge < -0.3 is 9.30 Å². The lowest BCUT2D eigenvalue weighted by Crippen LogP contribution is -2.30. The van der Waals surface area contributed by atoms with Crippen LogP contribution in [0.15, 0.2) is 36.7 Å². The third-order valence-electron chi connectivity index (χ3n) is 3.23. The minimum absolute atomic E-state index is 0.0165. The number of methoxy groups -OCH3 is 1. The third kappa shape index (κ3) is 3.13. The maximum absolute atomic E-state index is 5.68. The molecule has 2 aromatic rings. The SMILES string of the molecule is CCn1ccnc1CC(NN)c1cccc(OC)c1.